The van der Waals surface area contributed by atoms with Gasteiger partial charge in [0.15, 0.2) is 11.4 Å². The Bertz CT molecular complexity index is 828. The first-order valence-electron chi connectivity index (χ1n) is 7.93. The number of carbonyl (C=O) groups is 2. The van der Waals surface area contributed by atoms with Crippen molar-refractivity contribution in [1.29, 1.82) is 0 Å². The number of carbonyl (C=O) groups excluding carboxylic acids is 2. The molecule has 0 radical (unpaired) electrons. The summed E-state index contributed by atoms with van der Waals surface area (Å²) in [5.41, 5.74) is -0.390. The van der Waals surface area contributed by atoms with Gasteiger partial charge in [-0.05, 0) is 30.3 Å². The Morgan fingerprint density at radius 3 is 2.56 bits per heavy atom. The van der Waals surface area contributed by atoms with E-state index in [0.717, 1.165) is 0 Å². The number of hydrogen-bond donors (Lipinski definition) is 1. The number of fused-ring (bicyclic) bond motifs is 1. The van der Waals surface area contributed by atoms with Gasteiger partial charge in [-0.2, -0.15) is 0 Å². The first kappa shape index (κ1) is 16.9. The maximum atomic E-state index is 12.8. The Morgan fingerprint density at radius 1 is 1.24 bits per heavy atom. The van der Waals surface area contributed by atoms with E-state index in [0.29, 0.717) is 22.6 Å². The molecule has 2 aromatic carbocycles. The highest BCUT2D eigenvalue weighted by molar-refractivity contribution is 6.10. The van der Waals surface area contributed by atoms with Crippen molar-refractivity contribution >= 4 is 17.4 Å². The lowest BCUT2D eigenvalue weighted by Gasteiger charge is -2.22. The Balaban J connectivity index is 1.93. The van der Waals surface area contributed by atoms with Gasteiger partial charge in [0.25, 0.3) is 5.91 Å². The van der Waals surface area contributed by atoms with Crippen LogP contribution in [0.25, 0.3) is 0 Å². The molecular weight excluding hydrogens is 318 g/mol. The van der Waals surface area contributed by atoms with Gasteiger partial charge in [-0.3, -0.25) is 9.59 Å². The Kier molecular flexibility index (Phi) is 4.42. The molecule has 2 aromatic rings. The van der Waals surface area contributed by atoms with Gasteiger partial charge in [-0.25, -0.2) is 0 Å². The fourth-order valence-electron chi connectivity index (χ4n) is 3.10. The minimum absolute atomic E-state index is 0.273. The molecule has 0 aliphatic carbocycles. The molecule has 1 heterocycles. The Hall–Kier alpha value is -2.92. The summed E-state index contributed by atoms with van der Waals surface area (Å²) in [4.78, 5) is 26.9. The van der Waals surface area contributed by atoms with Gasteiger partial charge in [-0.1, -0.05) is 24.3 Å². The second-order valence-electron chi connectivity index (χ2n) is 5.91. The first-order chi connectivity index (χ1) is 12.0. The third-order valence-electron chi connectivity index (χ3n) is 4.38. The molecule has 1 aliphatic rings. The predicted octanol–water partition coefficient (Wildman–Crippen LogP) is 2.69. The monoisotopic (exact) mass is 337 g/mol. The smallest absolute Gasteiger partial charge is 0.264 e. The lowest BCUT2D eigenvalue weighted by Crippen LogP contribution is -2.41. The molecule has 128 valence electrons. The first-order valence-corrected chi connectivity index (χ1v) is 7.93. The lowest BCUT2D eigenvalue weighted by molar-refractivity contribution is -0.135. The average Bonchev–Trinajstić information content (AvgIpc) is 2.84. The summed E-state index contributed by atoms with van der Waals surface area (Å²) in [6.07, 6.45) is 1.27. The van der Waals surface area contributed by atoms with Gasteiger partial charge in [0.05, 0.1) is 19.2 Å². The van der Waals surface area contributed by atoms with Crippen LogP contribution in [0, 0.1) is 0 Å². The van der Waals surface area contributed by atoms with Crippen LogP contribution in [-0.4, -0.2) is 30.5 Å². The van der Waals surface area contributed by atoms with E-state index in [4.69, 9.17) is 4.74 Å². The van der Waals surface area contributed by atoms with E-state index < -0.39 is 11.5 Å². The molecule has 0 aromatic heterocycles. The largest absolute Gasteiger partial charge is 0.497 e. The number of rotatable bonds is 6. The van der Waals surface area contributed by atoms with Crippen molar-refractivity contribution in [2.45, 2.75) is 12.0 Å². The summed E-state index contributed by atoms with van der Waals surface area (Å²) in [7, 11) is 1.54. The number of hydrogen-bond acceptors (Lipinski definition) is 4. The van der Waals surface area contributed by atoms with Crippen LogP contribution in [-0.2, 0) is 10.4 Å². The number of ketones is 1. The van der Waals surface area contributed by atoms with E-state index in [1.54, 1.807) is 61.7 Å². The Labute approximate surface area is 146 Å². The van der Waals surface area contributed by atoms with Crippen molar-refractivity contribution in [1.82, 2.24) is 0 Å². The second kappa shape index (κ2) is 6.53. The van der Waals surface area contributed by atoms with E-state index in [2.05, 4.69) is 6.58 Å². The summed E-state index contributed by atoms with van der Waals surface area (Å²) in [6.45, 7) is 3.92. The molecule has 5 nitrogen and oxygen atoms in total. The Morgan fingerprint density at radius 2 is 1.92 bits per heavy atom. The van der Waals surface area contributed by atoms with Gasteiger partial charge in [0.2, 0.25) is 0 Å². The predicted molar refractivity (Wildman–Crippen MR) is 94.8 cm³/mol. The zero-order chi connectivity index (χ0) is 18.0. The molecule has 5 heteroatoms. The molecule has 1 amide bonds. The minimum atomic E-state index is -1.86. The van der Waals surface area contributed by atoms with Crippen LogP contribution in [0.15, 0.2) is 61.2 Å². The van der Waals surface area contributed by atoms with Crippen molar-refractivity contribution < 1.29 is 19.4 Å². The van der Waals surface area contributed by atoms with Crippen LogP contribution < -0.4 is 9.64 Å². The number of para-hydroxylation sites is 1. The number of nitrogens with zero attached hydrogens (tertiary/aromatic N) is 1. The van der Waals surface area contributed by atoms with E-state index >= 15 is 0 Å². The molecule has 0 spiro atoms. The highest BCUT2D eigenvalue weighted by Crippen LogP contribution is 2.42. The summed E-state index contributed by atoms with van der Waals surface area (Å²) in [6, 6.07) is 13.6. The minimum Gasteiger partial charge on any atom is -0.497 e. The maximum Gasteiger partial charge on any atom is 0.264 e. The van der Waals surface area contributed by atoms with E-state index in [-0.39, 0.29) is 18.7 Å². The summed E-state index contributed by atoms with van der Waals surface area (Å²) in [5, 5.41) is 11.1. The third kappa shape index (κ3) is 2.83. The fourth-order valence-corrected chi connectivity index (χ4v) is 3.10. The SMILES string of the molecule is C=CCN1C(=O)[C@@](O)(CC(=O)c2ccc(OC)cc2)c2ccccc21. The van der Waals surface area contributed by atoms with Crippen LogP contribution in [0.4, 0.5) is 5.69 Å². The van der Waals surface area contributed by atoms with Crippen molar-refractivity contribution in [2.75, 3.05) is 18.6 Å². The molecule has 1 N–H and O–H groups in total. The molecule has 1 atom stereocenters. The second-order valence-corrected chi connectivity index (χ2v) is 5.91. The molecule has 0 fully saturated rings. The molecule has 1 aliphatic heterocycles. The van der Waals surface area contributed by atoms with Crippen molar-refractivity contribution in [2.24, 2.45) is 0 Å². The standard InChI is InChI=1S/C20H19NO4/c1-3-12-21-17-7-5-4-6-16(17)20(24,19(21)23)13-18(22)14-8-10-15(25-2)11-9-14/h3-11,24H,1,12-13H2,2H3/t20-/m1/s1. The van der Waals surface area contributed by atoms with Crippen LogP contribution in [0.3, 0.4) is 0 Å². The molecule has 25 heavy (non-hydrogen) atoms. The summed E-state index contributed by atoms with van der Waals surface area (Å²) >= 11 is 0. The fraction of sp³-hybridized carbons (Fsp3) is 0.200. The van der Waals surface area contributed by atoms with E-state index in [1.807, 2.05) is 0 Å². The number of aliphatic hydroxyl groups is 1. The highest BCUT2D eigenvalue weighted by Gasteiger charge is 2.50. The summed E-state index contributed by atoms with van der Waals surface area (Å²) < 4.78 is 5.08. The molecule has 0 saturated heterocycles. The van der Waals surface area contributed by atoms with Gasteiger partial charge in [-0.15, -0.1) is 6.58 Å². The summed E-state index contributed by atoms with van der Waals surface area (Å²) in [5.74, 6) is -0.182. The topological polar surface area (TPSA) is 66.8 Å². The average molecular weight is 337 g/mol. The van der Waals surface area contributed by atoms with Gasteiger partial charge >= 0.3 is 0 Å². The van der Waals surface area contributed by atoms with Crippen molar-refractivity contribution in [3.63, 3.8) is 0 Å². The number of ether oxygens (including phenoxy) is 1. The number of benzene rings is 2. The molecule has 0 saturated carbocycles. The zero-order valence-corrected chi connectivity index (χ0v) is 13.9. The molecule has 0 bridgehead atoms. The van der Waals surface area contributed by atoms with Crippen LogP contribution in [0.1, 0.15) is 22.3 Å². The lowest BCUT2D eigenvalue weighted by atomic mass is 9.88. The number of methoxy groups -OCH3 is 1. The van der Waals surface area contributed by atoms with Gasteiger partial charge in [0.1, 0.15) is 5.75 Å². The molecular formula is C20H19NO4. The van der Waals surface area contributed by atoms with E-state index in [1.165, 1.54) is 4.90 Å². The number of amides is 1. The maximum absolute atomic E-state index is 12.8. The van der Waals surface area contributed by atoms with Crippen LogP contribution >= 0.6 is 0 Å². The number of anilines is 1. The third-order valence-corrected chi connectivity index (χ3v) is 4.38. The normalized spacial score (nSPS) is 18.8. The van der Waals surface area contributed by atoms with Crippen molar-refractivity contribution in [3.8, 4) is 5.75 Å². The highest BCUT2D eigenvalue weighted by atomic mass is 16.5. The molecule has 3 rings (SSSR count). The van der Waals surface area contributed by atoms with Crippen LogP contribution in [0.5, 0.6) is 5.75 Å². The van der Waals surface area contributed by atoms with Gasteiger partial charge < -0.3 is 14.7 Å². The van der Waals surface area contributed by atoms with Gasteiger partial charge in [0, 0.05) is 17.7 Å². The zero-order valence-electron chi connectivity index (χ0n) is 13.9. The molecule has 0 unspecified atom stereocenters. The van der Waals surface area contributed by atoms with E-state index in [9.17, 15) is 14.7 Å². The van der Waals surface area contributed by atoms with Crippen molar-refractivity contribution in [3.05, 3.63) is 72.3 Å². The number of Topliss-reactive ketones (excluding diaryl/α,β-unsaturated/α-hetero) is 1. The quantitative estimate of drug-likeness (QED) is 0.650. The van der Waals surface area contributed by atoms with Crippen LogP contribution in [0.2, 0.25) is 0 Å².